The van der Waals surface area contributed by atoms with Crippen LogP contribution in [0.3, 0.4) is 0 Å². The first-order chi connectivity index (χ1) is 8.33. The van der Waals surface area contributed by atoms with E-state index >= 15 is 0 Å². The van der Waals surface area contributed by atoms with E-state index in [0.29, 0.717) is 0 Å². The Kier molecular flexibility index (Phi) is 5.16. The molecule has 0 aromatic heterocycles. The van der Waals surface area contributed by atoms with Gasteiger partial charge in [0.15, 0.2) is 9.84 Å². The van der Waals surface area contributed by atoms with E-state index in [-0.39, 0.29) is 18.4 Å². The Bertz CT molecular complexity index is 497. The largest absolute Gasteiger partial charge is 0.492 e. The number of sulfone groups is 1. The van der Waals surface area contributed by atoms with Crippen molar-refractivity contribution in [3.05, 3.63) is 29.3 Å². The van der Waals surface area contributed by atoms with Crippen LogP contribution in [0, 0.1) is 6.92 Å². The smallest absolute Gasteiger partial charge is 0.150 e. The lowest BCUT2D eigenvalue weighted by molar-refractivity contribution is 0.338. The van der Waals surface area contributed by atoms with Gasteiger partial charge in [-0.1, -0.05) is 12.1 Å². The number of benzene rings is 1. The van der Waals surface area contributed by atoms with Crippen LogP contribution >= 0.6 is 0 Å². The molecule has 1 atom stereocenters. The van der Waals surface area contributed by atoms with Crippen LogP contribution in [0.1, 0.15) is 24.1 Å². The minimum atomic E-state index is -2.97. The van der Waals surface area contributed by atoms with Crippen molar-refractivity contribution in [1.82, 2.24) is 5.32 Å². The lowest BCUT2D eigenvalue weighted by atomic mass is 10.1. The third-order valence-electron chi connectivity index (χ3n) is 2.84. The van der Waals surface area contributed by atoms with Crippen LogP contribution in [0.25, 0.3) is 0 Å². The molecule has 0 aliphatic rings. The van der Waals surface area contributed by atoms with Crippen LogP contribution in [0.5, 0.6) is 5.75 Å². The molecule has 0 saturated heterocycles. The zero-order valence-corrected chi connectivity index (χ0v) is 12.2. The number of hydrogen-bond donors (Lipinski definition) is 1. The van der Waals surface area contributed by atoms with Crippen molar-refractivity contribution in [1.29, 1.82) is 0 Å². The summed E-state index contributed by atoms with van der Waals surface area (Å²) >= 11 is 0. The molecular formula is C13H21NO3S. The van der Waals surface area contributed by atoms with E-state index in [4.69, 9.17) is 4.74 Å². The first-order valence-electron chi connectivity index (χ1n) is 5.92. The van der Waals surface area contributed by atoms with Crippen molar-refractivity contribution >= 4 is 9.84 Å². The Balaban J connectivity index is 2.68. The molecule has 0 saturated carbocycles. The second kappa shape index (κ2) is 6.20. The van der Waals surface area contributed by atoms with Crippen molar-refractivity contribution in [2.45, 2.75) is 19.9 Å². The molecule has 0 radical (unpaired) electrons. The van der Waals surface area contributed by atoms with E-state index in [0.717, 1.165) is 11.3 Å². The Morgan fingerprint density at radius 2 is 2.06 bits per heavy atom. The van der Waals surface area contributed by atoms with Crippen molar-refractivity contribution in [3.63, 3.8) is 0 Å². The van der Waals surface area contributed by atoms with Gasteiger partial charge in [0.25, 0.3) is 0 Å². The molecule has 1 unspecified atom stereocenters. The lowest BCUT2D eigenvalue weighted by Crippen LogP contribution is -2.14. The van der Waals surface area contributed by atoms with Crippen molar-refractivity contribution in [3.8, 4) is 5.75 Å². The number of nitrogens with one attached hydrogen (secondary N) is 1. The summed E-state index contributed by atoms with van der Waals surface area (Å²) in [6.45, 7) is 4.24. The fraction of sp³-hybridized carbons (Fsp3) is 0.538. The highest BCUT2D eigenvalue weighted by Crippen LogP contribution is 2.22. The van der Waals surface area contributed by atoms with Crippen molar-refractivity contribution in [2.24, 2.45) is 0 Å². The van der Waals surface area contributed by atoms with Crippen LogP contribution in [0.2, 0.25) is 0 Å². The third kappa shape index (κ3) is 4.66. The summed E-state index contributed by atoms with van der Waals surface area (Å²) in [5.41, 5.74) is 2.20. The molecule has 1 aromatic carbocycles. The number of ether oxygens (including phenoxy) is 1. The van der Waals surface area contributed by atoms with Gasteiger partial charge in [-0.25, -0.2) is 8.42 Å². The summed E-state index contributed by atoms with van der Waals surface area (Å²) in [6, 6.07) is 6.22. The van der Waals surface area contributed by atoms with Gasteiger partial charge in [0.05, 0.1) is 5.75 Å². The van der Waals surface area contributed by atoms with Crippen LogP contribution in [0.15, 0.2) is 18.2 Å². The van der Waals surface area contributed by atoms with E-state index in [1.54, 1.807) is 0 Å². The molecule has 1 rings (SSSR count). The Morgan fingerprint density at radius 3 is 2.56 bits per heavy atom. The molecule has 1 N–H and O–H groups in total. The quantitative estimate of drug-likeness (QED) is 0.855. The van der Waals surface area contributed by atoms with Gasteiger partial charge < -0.3 is 10.1 Å². The first-order valence-corrected chi connectivity index (χ1v) is 7.98. The van der Waals surface area contributed by atoms with E-state index in [1.807, 2.05) is 26.1 Å². The standard InChI is InChI=1S/C13H21NO3S/c1-10-9-12(11(2)14-3)5-6-13(10)17-7-8-18(4,15)16/h5-6,9,11,14H,7-8H2,1-4H3. The molecule has 0 amide bonds. The van der Waals surface area contributed by atoms with Crippen LogP contribution in [-0.4, -0.2) is 34.1 Å². The Labute approximate surface area is 109 Å². The van der Waals surface area contributed by atoms with E-state index in [9.17, 15) is 8.42 Å². The van der Waals surface area contributed by atoms with Gasteiger partial charge in [0.1, 0.15) is 12.4 Å². The highest BCUT2D eigenvalue weighted by Gasteiger charge is 2.07. The van der Waals surface area contributed by atoms with Gasteiger partial charge in [-0.3, -0.25) is 0 Å². The summed E-state index contributed by atoms with van der Waals surface area (Å²) < 4.78 is 27.5. The summed E-state index contributed by atoms with van der Waals surface area (Å²) in [6.07, 6.45) is 1.21. The minimum absolute atomic E-state index is 0.0428. The SMILES string of the molecule is CNC(C)c1ccc(OCCS(C)(=O)=O)c(C)c1. The van der Waals surface area contributed by atoms with E-state index in [2.05, 4.69) is 18.3 Å². The maximum Gasteiger partial charge on any atom is 0.150 e. The van der Waals surface area contributed by atoms with Crippen molar-refractivity contribution < 1.29 is 13.2 Å². The van der Waals surface area contributed by atoms with Crippen LogP contribution in [-0.2, 0) is 9.84 Å². The molecule has 0 heterocycles. The molecule has 102 valence electrons. The second-order valence-corrected chi connectivity index (χ2v) is 6.77. The van der Waals surface area contributed by atoms with Crippen LogP contribution < -0.4 is 10.1 Å². The average Bonchev–Trinajstić information content (AvgIpc) is 2.28. The maximum absolute atomic E-state index is 11.0. The van der Waals surface area contributed by atoms with Crippen molar-refractivity contribution in [2.75, 3.05) is 25.7 Å². The number of aryl methyl sites for hydroxylation is 1. The summed E-state index contributed by atoms with van der Waals surface area (Å²) in [7, 11) is -1.05. The first kappa shape index (κ1) is 15.0. The highest BCUT2D eigenvalue weighted by molar-refractivity contribution is 7.90. The van der Waals surface area contributed by atoms with Gasteiger partial charge >= 0.3 is 0 Å². The predicted octanol–water partition coefficient (Wildman–Crippen LogP) is 1.70. The molecule has 1 aromatic rings. The number of rotatable bonds is 6. The molecule has 0 bridgehead atoms. The van der Waals surface area contributed by atoms with Gasteiger partial charge in [0, 0.05) is 12.3 Å². The molecule has 18 heavy (non-hydrogen) atoms. The molecule has 0 fully saturated rings. The normalized spacial score (nSPS) is 13.3. The predicted molar refractivity (Wildman–Crippen MR) is 73.9 cm³/mol. The molecule has 0 spiro atoms. The summed E-state index contributed by atoms with van der Waals surface area (Å²) in [5.74, 6) is 0.784. The fourth-order valence-corrected chi connectivity index (χ4v) is 1.96. The van der Waals surface area contributed by atoms with Gasteiger partial charge in [0.2, 0.25) is 0 Å². The Hall–Kier alpha value is -1.07. The average molecular weight is 271 g/mol. The molecule has 5 heteroatoms. The van der Waals surface area contributed by atoms with E-state index in [1.165, 1.54) is 11.8 Å². The maximum atomic E-state index is 11.0. The summed E-state index contributed by atoms with van der Waals surface area (Å²) in [4.78, 5) is 0. The molecular weight excluding hydrogens is 250 g/mol. The van der Waals surface area contributed by atoms with Gasteiger partial charge in [-0.05, 0) is 38.1 Å². The molecule has 0 aliphatic carbocycles. The van der Waals surface area contributed by atoms with Gasteiger partial charge in [-0.15, -0.1) is 0 Å². The van der Waals surface area contributed by atoms with E-state index < -0.39 is 9.84 Å². The second-order valence-electron chi connectivity index (χ2n) is 4.51. The number of hydrogen-bond acceptors (Lipinski definition) is 4. The third-order valence-corrected chi connectivity index (χ3v) is 3.75. The molecule has 0 aliphatic heterocycles. The fourth-order valence-electron chi connectivity index (χ4n) is 1.57. The lowest BCUT2D eigenvalue weighted by Gasteiger charge is -2.14. The highest BCUT2D eigenvalue weighted by atomic mass is 32.2. The summed E-state index contributed by atoms with van der Waals surface area (Å²) in [5, 5.41) is 3.17. The Morgan fingerprint density at radius 1 is 1.39 bits per heavy atom. The molecule has 4 nitrogen and oxygen atoms in total. The monoisotopic (exact) mass is 271 g/mol. The zero-order chi connectivity index (χ0) is 13.8. The van der Waals surface area contributed by atoms with Crippen LogP contribution in [0.4, 0.5) is 0 Å². The minimum Gasteiger partial charge on any atom is -0.492 e. The van der Waals surface area contributed by atoms with Gasteiger partial charge in [-0.2, -0.15) is 0 Å². The zero-order valence-electron chi connectivity index (χ0n) is 11.4. The topological polar surface area (TPSA) is 55.4 Å².